The molecule has 0 saturated carbocycles. The fraction of sp³-hybridized carbons (Fsp3) is 0. The van der Waals surface area contributed by atoms with E-state index >= 15 is 0 Å². The van der Waals surface area contributed by atoms with E-state index in [1.807, 2.05) is 0 Å². The molecule has 0 N–H and O–H groups in total. The van der Waals surface area contributed by atoms with Gasteiger partial charge < -0.3 is 0 Å². The van der Waals surface area contributed by atoms with Crippen molar-refractivity contribution in [3.8, 4) is 0 Å². The van der Waals surface area contributed by atoms with Crippen molar-refractivity contribution in [3.63, 3.8) is 0 Å². The molecule has 0 bridgehead atoms. The Kier molecular flexibility index (Phi) is 49.8. The van der Waals surface area contributed by atoms with Crippen LogP contribution in [0.4, 0.5) is 0 Å². The number of rotatable bonds is 0. The molecule has 0 aromatic rings. The second-order valence-electron chi connectivity index (χ2n) is 0.408. The van der Waals surface area contributed by atoms with Crippen molar-refractivity contribution in [2.24, 2.45) is 0 Å². The molecule has 4 nitrogen and oxygen atoms in total. The molecule has 0 aliphatic rings. The monoisotopic (exact) mass is 246 g/mol. The summed E-state index contributed by atoms with van der Waals surface area (Å²) < 4.78 is 34.4. The van der Waals surface area contributed by atoms with Gasteiger partial charge in [0.15, 0.2) is 0 Å². The minimum absolute atomic E-state index is 0. The first-order chi connectivity index (χ1) is 2.00. The summed E-state index contributed by atoms with van der Waals surface area (Å²) in [5.74, 6) is 0. The average molecular weight is 247 g/mol. The molecule has 0 saturated heterocycles. The maximum absolute atomic E-state index is 8.59. The van der Waals surface area contributed by atoms with Crippen molar-refractivity contribution in [3.05, 3.63) is 0 Å². The zero-order valence-electron chi connectivity index (χ0n) is 4.04. The average Bonchev–Trinajstić information content (AvgIpc) is 0.722. The van der Waals surface area contributed by atoms with Crippen LogP contribution in [0.3, 0.4) is 0 Å². The van der Waals surface area contributed by atoms with Crippen LogP contribution in [-0.4, -0.2) is 46.1 Å². The minimum atomic E-state index is -5.75. The third-order valence-electron chi connectivity index (χ3n) is 0. The molecule has 0 radical (unpaired) electrons. The Labute approximate surface area is 173 Å². The van der Waals surface area contributed by atoms with Crippen molar-refractivity contribution in [1.82, 2.24) is 0 Å². The van der Waals surface area contributed by atoms with E-state index in [-0.39, 0.29) is 149 Å². The molecule has 0 rings (SSSR count). The van der Waals surface area contributed by atoms with Crippen molar-refractivity contribution in [2.75, 3.05) is 0 Å². The van der Waals surface area contributed by atoms with Crippen LogP contribution >= 0.6 is 0 Å². The second kappa shape index (κ2) is 15.3. The van der Waals surface area contributed by atoms with Crippen LogP contribution < -0.4 is 111 Å². The molecule has 0 aliphatic carbocycles. The van der Waals surface area contributed by atoms with E-state index in [9.17, 15) is 0 Å². The van der Waals surface area contributed by atoms with Gasteiger partial charge in [0.25, 0.3) is 0 Å². The zero-order valence-corrected chi connectivity index (χ0v) is 11.6. The normalized spacial score (nSPS) is 6.44. The SMILES string of the molecule is [K+].[K+].[MgH2].[MgH2].[O]=[Cr](=[O])([O-])[O-]. The Bertz CT molecular complexity index is 99.7. The topological polar surface area (TPSA) is 80.3 Å². The Balaban J connectivity index is -0.0000000133. The van der Waals surface area contributed by atoms with Crippen molar-refractivity contribution < 1.29 is 132 Å². The van der Waals surface area contributed by atoms with Gasteiger partial charge in [-0.05, 0) is 0 Å². The Morgan fingerprint density at radius 3 is 0.889 bits per heavy atom. The number of hydrogen-bond donors (Lipinski definition) is 0. The molecule has 0 aromatic heterocycles. The zero-order chi connectivity index (χ0) is 4.50. The summed E-state index contributed by atoms with van der Waals surface area (Å²) in [7, 11) is 0. The number of hydrogen-bond acceptors (Lipinski definition) is 4. The molecule has 9 heavy (non-hydrogen) atoms. The standard InChI is InChI=1S/Cr.2K.2Mg.4O.4H/q;2*+1;;;;;2*-1;;;;. The summed E-state index contributed by atoms with van der Waals surface area (Å²) in [6.07, 6.45) is 0. The Hall–Kier alpha value is 4.86. The van der Waals surface area contributed by atoms with E-state index in [0.717, 1.165) is 0 Å². The van der Waals surface area contributed by atoms with E-state index in [1.165, 1.54) is 0 Å². The second-order valence-corrected chi connectivity index (χ2v) is 1.68. The first kappa shape index (κ1) is 29.2. The summed E-state index contributed by atoms with van der Waals surface area (Å²) in [6.45, 7) is 0. The van der Waals surface area contributed by atoms with Crippen molar-refractivity contribution in [2.45, 2.75) is 0 Å². The maximum atomic E-state index is 8.59. The third-order valence-corrected chi connectivity index (χ3v) is 0. The van der Waals surface area contributed by atoms with Gasteiger partial charge in [-0.2, -0.15) is 0 Å². The summed E-state index contributed by atoms with van der Waals surface area (Å²) in [4.78, 5) is 0. The van der Waals surface area contributed by atoms with Crippen LogP contribution in [-0.2, 0) is 21.2 Å². The van der Waals surface area contributed by atoms with Gasteiger partial charge in [0, 0.05) is 0 Å². The molecular weight excluding hydrogens is 243 g/mol. The molecule has 0 unspecified atom stereocenters. The first-order valence-electron chi connectivity index (χ1n) is 0.667. The molecule has 0 heterocycles. The van der Waals surface area contributed by atoms with E-state index in [2.05, 4.69) is 0 Å². The van der Waals surface area contributed by atoms with E-state index in [0.29, 0.717) is 0 Å². The van der Waals surface area contributed by atoms with Gasteiger partial charge >= 0.3 is 178 Å². The molecular formula is H4CrK2Mg2O4. The van der Waals surface area contributed by atoms with E-state index in [1.54, 1.807) is 0 Å². The molecule has 0 aromatic carbocycles. The van der Waals surface area contributed by atoms with Crippen LogP contribution in [0.5, 0.6) is 0 Å². The molecule has 0 fully saturated rings. The summed E-state index contributed by atoms with van der Waals surface area (Å²) >= 11 is -5.75. The fourth-order valence-corrected chi connectivity index (χ4v) is 0. The third kappa shape index (κ3) is 64.2. The molecule has 0 amide bonds. The molecule has 9 heteroatoms. The summed E-state index contributed by atoms with van der Waals surface area (Å²) in [6, 6.07) is 0. The van der Waals surface area contributed by atoms with Gasteiger partial charge in [0.05, 0.1) is 0 Å². The van der Waals surface area contributed by atoms with E-state index in [4.69, 9.17) is 15.9 Å². The predicted molar refractivity (Wildman–Crippen MR) is 18.5 cm³/mol. The molecule has 0 spiro atoms. The summed E-state index contributed by atoms with van der Waals surface area (Å²) in [5.41, 5.74) is 0. The van der Waals surface area contributed by atoms with Crippen molar-refractivity contribution in [1.29, 1.82) is 0 Å². The predicted octanol–water partition coefficient (Wildman–Crippen LogP) is -10.4. The molecule has 0 atom stereocenters. The van der Waals surface area contributed by atoms with Gasteiger partial charge in [-0.25, -0.2) is 0 Å². The molecule has 40 valence electrons. The first-order valence-corrected chi connectivity index (χ1v) is 2.75. The van der Waals surface area contributed by atoms with Gasteiger partial charge in [0.1, 0.15) is 0 Å². The fourth-order valence-electron chi connectivity index (χ4n) is 0. The van der Waals surface area contributed by atoms with Crippen molar-refractivity contribution >= 4 is 46.1 Å². The Morgan fingerprint density at radius 2 is 0.889 bits per heavy atom. The van der Waals surface area contributed by atoms with Crippen LogP contribution in [0.1, 0.15) is 0 Å². The van der Waals surface area contributed by atoms with E-state index < -0.39 is 13.6 Å². The van der Waals surface area contributed by atoms with Gasteiger partial charge in [0.2, 0.25) is 0 Å². The molecule has 0 aliphatic heterocycles. The Morgan fingerprint density at radius 1 is 0.889 bits per heavy atom. The van der Waals surface area contributed by atoms with Crippen LogP contribution in [0, 0.1) is 0 Å². The summed E-state index contributed by atoms with van der Waals surface area (Å²) in [5, 5.41) is 0. The van der Waals surface area contributed by atoms with Gasteiger partial charge in [-0.1, -0.05) is 0 Å². The van der Waals surface area contributed by atoms with Gasteiger partial charge in [-0.15, -0.1) is 0 Å². The van der Waals surface area contributed by atoms with Gasteiger partial charge in [-0.3, -0.25) is 0 Å². The van der Waals surface area contributed by atoms with Crippen LogP contribution in [0.15, 0.2) is 0 Å². The quantitative estimate of drug-likeness (QED) is 0.398. The van der Waals surface area contributed by atoms with Crippen LogP contribution in [0.2, 0.25) is 0 Å². The van der Waals surface area contributed by atoms with Crippen LogP contribution in [0.25, 0.3) is 0 Å².